The second-order valence-electron chi connectivity index (χ2n) is 7.98. The van der Waals surface area contributed by atoms with E-state index in [1.165, 1.54) is 27.8 Å². The van der Waals surface area contributed by atoms with Gasteiger partial charge in [0.05, 0.1) is 16.2 Å². The second kappa shape index (κ2) is 9.11. The number of primary amides is 1. The molecule has 2 heterocycles. The Hall–Kier alpha value is -3.59. The smallest absolute Gasteiger partial charge is 0.323 e. The number of carbonyl (C=O) groups excluding carboxylic acids is 3. The molecule has 1 aliphatic rings. The summed E-state index contributed by atoms with van der Waals surface area (Å²) < 4.78 is 15.4. The average Bonchev–Trinajstić information content (AvgIpc) is 3.35. The molecule has 1 aliphatic heterocycles. The molecule has 0 saturated carbocycles. The molecule has 0 spiro atoms. The largest absolute Gasteiger partial charge is 0.351 e. The number of rotatable bonds is 4. The lowest BCUT2D eigenvalue weighted by molar-refractivity contribution is -0.125. The molecule has 1 fully saturated rings. The first kappa shape index (κ1) is 22.6. The molecule has 33 heavy (non-hydrogen) atoms. The minimum Gasteiger partial charge on any atom is -0.351 e. The van der Waals surface area contributed by atoms with Gasteiger partial charge in [0.25, 0.3) is 0 Å². The predicted octanol–water partition coefficient (Wildman–Crippen LogP) is 4.06. The highest BCUT2D eigenvalue weighted by Gasteiger charge is 2.39. The van der Waals surface area contributed by atoms with E-state index in [1.54, 1.807) is 30.3 Å². The maximum atomic E-state index is 14.1. The zero-order chi connectivity index (χ0) is 23.7. The van der Waals surface area contributed by atoms with Crippen LogP contribution in [0.2, 0.25) is 5.02 Å². The van der Waals surface area contributed by atoms with Gasteiger partial charge in [0.1, 0.15) is 11.9 Å². The van der Waals surface area contributed by atoms with Crippen LogP contribution in [0.15, 0.2) is 48.7 Å². The number of benzene rings is 2. The number of nitrogens with two attached hydrogens (primary N) is 1. The van der Waals surface area contributed by atoms with Crippen molar-refractivity contribution in [3.05, 3.63) is 65.1 Å². The number of hydrogen-bond donors (Lipinski definition) is 3. The SMILES string of the molecule is C[C@@H]1CC[C@@H](C(=O)NCc2cccc(Cl)c2F)N1C(=O)Nc1cn(C(N)=O)c2ccccc12. The highest BCUT2D eigenvalue weighted by atomic mass is 35.5. The minimum absolute atomic E-state index is 0.0210. The van der Waals surface area contributed by atoms with Crippen molar-refractivity contribution in [2.75, 3.05) is 5.32 Å². The van der Waals surface area contributed by atoms with Gasteiger partial charge in [-0.2, -0.15) is 0 Å². The van der Waals surface area contributed by atoms with Gasteiger partial charge in [-0.05, 0) is 31.9 Å². The summed E-state index contributed by atoms with van der Waals surface area (Å²) in [4.78, 5) is 39.3. The van der Waals surface area contributed by atoms with Crippen molar-refractivity contribution in [1.29, 1.82) is 0 Å². The van der Waals surface area contributed by atoms with E-state index >= 15 is 0 Å². The molecule has 172 valence electrons. The number of urea groups is 1. The Morgan fingerprint density at radius 1 is 1.15 bits per heavy atom. The Bertz CT molecular complexity index is 1240. The Kier molecular flexibility index (Phi) is 6.24. The molecule has 8 nitrogen and oxygen atoms in total. The molecular weight excluding hydrogens is 449 g/mol. The summed E-state index contributed by atoms with van der Waals surface area (Å²) in [6.07, 6.45) is 2.57. The van der Waals surface area contributed by atoms with Gasteiger partial charge in [-0.15, -0.1) is 0 Å². The number of aromatic nitrogens is 1. The van der Waals surface area contributed by atoms with E-state index in [0.717, 1.165) is 0 Å². The zero-order valence-corrected chi connectivity index (χ0v) is 18.6. The maximum Gasteiger partial charge on any atom is 0.323 e. The van der Waals surface area contributed by atoms with Crippen LogP contribution in [0.1, 0.15) is 25.3 Å². The van der Waals surface area contributed by atoms with Crippen molar-refractivity contribution in [3.63, 3.8) is 0 Å². The van der Waals surface area contributed by atoms with Crippen molar-refractivity contribution in [1.82, 2.24) is 14.8 Å². The van der Waals surface area contributed by atoms with Crippen molar-refractivity contribution in [3.8, 4) is 0 Å². The number of nitrogens with one attached hydrogen (secondary N) is 2. The number of anilines is 1. The van der Waals surface area contributed by atoms with Crippen molar-refractivity contribution >= 4 is 46.2 Å². The zero-order valence-electron chi connectivity index (χ0n) is 17.8. The fraction of sp³-hybridized carbons (Fsp3) is 0.261. The lowest BCUT2D eigenvalue weighted by Crippen LogP contribution is -2.49. The third-order valence-electron chi connectivity index (χ3n) is 5.88. The van der Waals surface area contributed by atoms with Gasteiger partial charge in [-0.3, -0.25) is 9.36 Å². The summed E-state index contributed by atoms with van der Waals surface area (Å²) in [5.41, 5.74) is 6.68. The molecule has 2 atom stereocenters. The molecule has 0 radical (unpaired) electrons. The molecule has 1 saturated heterocycles. The number of para-hydroxylation sites is 1. The summed E-state index contributed by atoms with van der Waals surface area (Å²) in [7, 11) is 0. The summed E-state index contributed by atoms with van der Waals surface area (Å²) in [6.45, 7) is 1.81. The molecular formula is C23H23ClFN5O3. The van der Waals surface area contributed by atoms with E-state index in [9.17, 15) is 18.8 Å². The Morgan fingerprint density at radius 2 is 1.91 bits per heavy atom. The van der Waals surface area contributed by atoms with Crippen LogP contribution in [0.3, 0.4) is 0 Å². The molecule has 1 aromatic heterocycles. The number of hydrogen-bond acceptors (Lipinski definition) is 3. The first-order chi connectivity index (χ1) is 15.8. The quantitative estimate of drug-likeness (QED) is 0.533. The first-order valence-corrected chi connectivity index (χ1v) is 10.9. The standard InChI is InChI=1S/C23H23ClFN5O3/c1-13-9-10-19(21(31)27-11-14-5-4-7-16(24)20(14)25)30(13)23(33)28-17-12-29(22(26)32)18-8-3-2-6-15(17)18/h2-8,12-13,19H,9-11H2,1H3,(H2,26,32)(H,27,31)(H,28,33)/t13-,19+/m1/s1. The van der Waals surface area contributed by atoms with Crippen LogP contribution in [0.5, 0.6) is 0 Å². The molecule has 4 rings (SSSR count). The van der Waals surface area contributed by atoms with Crippen molar-refractivity contribution in [2.45, 2.75) is 38.4 Å². The van der Waals surface area contributed by atoms with E-state index in [1.807, 2.05) is 6.92 Å². The van der Waals surface area contributed by atoms with Crippen LogP contribution in [0, 0.1) is 5.82 Å². The fourth-order valence-electron chi connectivity index (χ4n) is 4.21. The molecule has 4 amide bonds. The van der Waals surface area contributed by atoms with Crippen LogP contribution in [0.25, 0.3) is 10.9 Å². The highest BCUT2D eigenvalue weighted by molar-refractivity contribution is 6.30. The van der Waals surface area contributed by atoms with Gasteiger partial charge in [-0.25, -0.2) is 14.0 Å². The first-order valence-electron chi connectivity index (χ1n) is 10.5. The second-order valence-corrected chi connectivity index (χ2v) is 8.39. The lowest BCUT2D eigenvalue weighted by atomic mass is 10.1. The summed E-state index contributed by atoms with van der Waals surface area (Å²) in [5.74, 6) is -0.965. The number of fused-ring (bicyclic) bond motifs is 1. The van der Waals surface area contributed by atoms with Crippen LogP contribution in [-0.2, 0) is 11.3 Å². The number of halogens is 2. The number of likely N-dealkylation sites (tertiary alicyclic amines) is 1. The van der Waals surface area contributed by atoms with Crippen molar-refractivity contribution in [2.24, 2.45) is 5.73 Å². The van der Waals surface area contributed by atoms with Crippen molar-refractivity contribution < 1.29 is 18.8 Å². The summed E-state index contributed by atoms with van der Waals surface area (Å²) in [5, 5.41) is 6.14. The van der Waals surface area contributed by atoms with Gasteiger partial charge in [0, 0.05) is 29.7 Å². The molecule has 0 unspecified atom stereocenters. The van der Waals surface area contributed by atoms with E-state index in [2.05, 4.69) is 10.6 Å². The average molecular weight is 472 g/mol. The molecule has 0 aliphatic carbocycles. The molecule has 3 aromatic rings. The van der Waals surface area contributed by atoms with Crippen LogP contribution in [0.4, 0.5) is 19.7 Å². The van der Waals surface area contributed by atoms with Gasteiger partial charge in [0.15, 0.2) is 0 Å². The lowest BCUT2D eigenvalue weighted by Gasteiger charge is -2.28. The normalized spacial score (nSPS) is 17.8. The maximum absolute atomic E-state index is 14.1. The van der Waals surface area contributed by atoms with Crippen LogP contribution < -0.4 is 16.4 Å². The summed E-state index contributed by atoms with van der Waals surface area (Å²) >= 11 is 5.80. The summed E-state index contributed by atoms with van der Waals surface area (Å²) in [6, 6.07) is 9.56. The predicted molar refractivity (Wildman–Crippen MR) is 124 cm³/mol. The topological polar surface area (TPSA) is 109 Å². The minimum atomic E-state index is -0.716. The third-order valence-corrected chi connectivity index (χ3v) is 6.17. The molecule has 2 aromatic carbocycles. The Labute approximate surface area is 194 Å². The molecule has 10 heteroatoms. The van der Waals surface area contributed by atoms with E-state index in [0.29, 0.717) is 29.4 Å². The molecule has 0 bridgehead atoms. The Morgan fingerprint density at radius 3 is 2.67 bits per heavy atom. The van der Waals surface area contributed by atoms with E-state index in [4.69, 9.17) is 17.3 Å². The van der Waals surface area contributed by atoms with Gasteiger partial charge in [-0.1, -0.05) is 41.9 Å². The monoisotopic (exact) mass is 471 g/mol. The molecule has 4 N–H and O–H groups in total. The Balaban J connectivity index is 1.51. The van der Waals surface area contributed by atoms with Crippen LogP contribution >= 0.6 is 11.6 Å². The fourth-order valence-corrected chi connectivity index (χ4v) is 4.40. The highest BCUT2D eigenvalue weighted by Crippen LogP contribution is 2.29. The number of nitrogens with zero attached hydrogens (tertiary/aromatic N) is 2. The van der Waals surface area contributed by atoms with E-state index < -0.39 is 23.9 Å². The van der Waals surface area contributed by atoms with Gasteiger partial charge >= 0.3 is 12.1 Å². The van der Waals surface area contributed by atoms with Crippen LogP contribution in [-0.4, -0.2) is 39.5 Å². The van der Waals surface area contributed by atoms with Gasteiger partial charge in [0.2, 0.25) is 5.91 Å². The van der Waals surface area contributed by atoms with Gasteiger partial charge < -0.3 is 21.3 Å². The number of amides is 4. The number of carbonyl (C=O) groups is 3. The van der Waals surface area contributed by atoms with E-state index in [-0.39, 0.29) is 29.1 Å². The third kappa shape index (κ3) is 4.36.